The SMILES string of the molecule is CN1NNc2cc(O)c(C(=N)/C=C3/CCN(C4CC(C)(C)NC(C)(C)C4F)C3=N)cc21. The second-order valence-corrected chi connectivity index (χ2v) is 9.96. The molecule has 1 aromatic rings. The number of allylic oxidation sites excluding steroid dienone is 1. The molecule has 2 saturated heterocycles. The number of hydrazine groups is 2. The average Bonchev–Trinajstić information content (AvgIpc) is 3.19. The molecule has 31 heavy (non-hydrogen) atoms. The number of phenolic OH excluding ortho intramolecular Hbond substituents is 1. The van der Waals surface area contributed by atoms with Gasteiger partial charge in [0.25, 0.3) is 0 Å². The van der Waals surface area contributed by atoms with Crippen LogP contribution in [-0.2, 0) is 0 Å². The van der Waals surface area contributed by atoms with E-state index in [1.807, 2.05) is 25.8 Å². The Morgan fingerprint density at radius 2 is 2.00 bits per heavy atom. The van der Waals surface area contributed by atoms with Crippen LogP contribution in [0.15, 0.2) is 23.8 Å². The fourth-order valence-electron chi connectivity index (χ4n) is 5.12. The van der Waals surface area contributed by atoms with Crippen molar-refractivity contribution in [2.24, 2.45) is 0 Å². The van der Waals surface area contributed by atoms with Gasteiger partial charge in [-0.25, -0.2) is 4.39 Å². The van der Waals surface area contributed by atoms with Crippen molar-refractivity contribution in [3.8, 4) is 5.75 Å². The molecule has 0 bridgehead atoms. The highest BCUT2D eigenvalue weighted by Gasteiger charge is 2.49. The Hall–Kier alpha value is -2.65. The van der Waals surface area contributed by atoms with Crippen molar-refractivity contribution in [3.63, 3.8) is 0 Å². The number of aromatic hydroxyl groups is 1. The van der Waals surface area contributed by atoms with Gasteiger partial charge in [-0.15, -0.1) is 5.53 Å². The Kier molecular flexibility index (Phi) is 5.01. The second kappa shape index (κ2) is 7.20. The molecular formula is C22H32FN7O. The standard InChI is InChI=1S/C22H32FN7O/c1-21(2)11-17(19(23)22(3,4)27-21)30-7-6-12(20(30)25)8-14(24)13-9-16-15(10-18(13)31)26-28-29(16)5/h8-10,17,19,24-28,31H,6-7,11H2,1-5H3/b12-8-,24-14?,25-20?. The topological polar surface area (TPSA) is 110 Å². The van der Waals surface area contributed by atoms with Crippen LogP contribution in [0.1, 0.15) is 46.1 Å². The number of hydrogen-bond acceptors (Lipinski definition) is 7. The maximum absolute atomic E-state index is 15.4. The van der Waals surface area contributed by atoms with Crippen molar-refractivity contribution in [3.05, 3.63) is 29.3 Å². The van der Waals surface area contributed by atoms with Crippen molar-refractivity contribution in [1.29, 1.82) is 10.8 Å². The number of halogens is 1. The molecule has 0 aliphatic carbocycles. The first kappa shape index (κ1) is 21.6. The molecule has 3 aliphatic heterocycles. The minimum atomic E-state index is -1.11. The number of hydrogen-bond donors (Lipinski definition) is 6. The molecule has 8 nitrogen and oxygen atoms in total. The van der Waals surface area contributed by atoms with Crippen LogP contribution in [0.3, 0.4) is 0 Å². The molecular weight excluding hydrogens is 397 g/mol. The van der Waals surface area contributed by atoms with Crippen LogP contribution >= 0.6 is 0 Å². The summed E-state index contributed by atoms with van der Waals surface area (Å²) >= 11 is 0. The summed E-state index contributed by atoms with van der Waals surface area (Å²) in [6, 6.07) is 2.92. The van der Waals surface area contributed by atoms with Crippen LogP contribution in [0.4, 0.5) is 15.8 Å². The maximum atomic E-state index is 15.4. The fourth-order valence-corrected chi connectivity index (χ4v) is 5.12. The van der Waals surface area contributed by atoms with Gasteiger partial charge in [0.15, 0.2) is 0 Å². The number of nitrogens with zero attached hydrogens (tertiary/aromatic N) is 2. The Labute approximate surface area is 182 Å². The third-order valence-electron chi connectivity index (χ3n) is 6.46. The van der Waals surface area contributed by atoms with Crippen molar-refractivity contribution < 1.29 is 9.50 Å². The van der Waals surface area contributed by atoms with Gasteiger partial charge in [0.05, 0.1) is 23.1 Å². The lowest BCUT2D eigenvalue weighted by atomic mass is 9.77. The number of phenols is 1. The van der Waals surface area contributed by atoms with Crippen LogP contribution in [0.25, 0.3) is 0 Å². The summed E-state index contributed by atoms with van der Waals surface area (Å²) in [5.41, 5.74) is 7.71. The molecule has 3 aliphatic rings. The summed E-state index contributed by atoms with van der Waals surface area (Å²) < 4.78 is 15.4. The summed E-state index contributed by atoms with van der Waals surface area (Å²) in [5.74, 6) is 0.268. The largest absolute Gasteiger partial charge is 0.507 e. The molecule has 6 N–H and O–H groups in total. The summed E-state index contributed by atoms with van der Waals surface area (Å²) in [6.07, 6.45) is 1.69. The summed E-state index contributed by atoms with van der Waals surface area (Å²) in [6.45, 7) is 8.43. The Morgan fingerprint density at radius 3 is 2.71 bits per heavy atom. The number of piperidine rings is 1. The Morgan fingerprint density at radius 1 is 1.29 bits per heavy atom. The van der Waals surface area contributed by atoms with E-state index < -0.39 is 17.8 Å². The van der Waals surface area contributed by atoms with Crippen molar-refractivity contribution in [2.45, 2.75) is 63.8 Å². The molecule has 0 spiro atoms. The minimum Gasteiger partial charge on any atom is -0.507 e. The van der Waals surface area contributed by atoms with Crippen LogP contribution in [-0.4, -0.2) is 58.4 Å². The van der Waals surface area contributed by atoms with E-state index in [2.05, 4.69) is 30.1 Å². The molecule has 168 valence electrons. The number of benzene rings is 1. The normalized spacial score (nSPS) is 28.1. The van der Waals surface area contributed by atoms with Gasteiger partial charge < -0.3 is 26.2 Å². The van der Waals surface area contributed by atoms with E-state index >= 15 is 4.39 Å². The summed E-state index contributed by atoms with van der Waals surface area (Å²) in [5, 5.41) is 32.8. The third kappa shape index (κ3) is 3.76. The molecule has 0 amide bonds. The molecule has 0 aromatic heterocycles. The van der Waals surface area contributed by atoms with E-state index in [-0.39, 0.29) is 22.8 Å². The van der Waals surface area contributed by atoms with Gasteiger partial charge in [0, 0.05) is 36.3 Å². The highest BCUT2D eigenvalue weighted by Crippen LogP contribution is 2.38. The highest BCUT2D eigenvalue weighted by atomic mass is 19.1. The van der Waals surface area contributed by atoms with Crippen LogP contribution in [0.5, 0.6) is 5.75 Å². The molecule has 2 atom stereocenters. The number of rotatable bonds is 3. The van der Waals surface area contributed by atoms with Crippen molar-refractivity contribution in [1.82, 2.24) is 15.8 Å². The molecule has 1 aromatic carbocycles. The number of amidine groups is 1. The Balaban J connectivity index is 1.57. The number of anilines is 2. The molecule has 9 heteroatoms. The predicted octanol–water partition coefficient (Wildman–Crippen LogP) is 2.91. The first-order valence-corrected chi connectivity index (χ1v) is 10.6. The van der Waals surface area contributed by atoms with Gasteiger partial charge in [-0.2, -0.15) is 0 Å². The summed E-state index contributed by atoms with van der Waals surface area (Å²) in [7, 11) is 1.83. The van der Waals surface area contributed by atoms with Crippen molar-refractivity contribution in [2.75, 3.05) is 24.0 Å². The van der Waals surface area contributed by atoms with Gasteiger partial charge in [0.1, 0.15) is 17.8 Å². The zero-order valence-corrected chi connectivity index (χ0v) is 18.7. The van der Waals surface area contributed by atoms with Crippen LogP contribution in [0, 0.1) is 10.8 Å². The predicted molar refractivity (Wildman–Crippen MR) is 122 cm³/mol. The summed E-state index contributed by atoms with van der Waals surface area (Å²) in [4.78, 5) is 1.85. The van der Waals surface area contributed by atoms with Gasteiger partial charge >= 0.3 is 0 Å². The molecule has 4 rings (SSSR count). The average molecular weight is 430 g/mol. The van der Waals surface area contributed by atoms with E-state index in [1.54, 1.807) is 23.2 Å². The third-order valence-corrected chi connectivity index (χ3v) is 6.46. The lowest BCUT2D eigenvalue weighted by molar-refractivity contribution is 0.0137. The van der Waals surface area contributed by atoms with Gasteiger partial charge in [-0.05, 0) is 58.3 Å². The number of alkyl halides is 1. The lowest BCUT2D eigenvalue weighted by Gasteiger charge is -2.51. The van der Waals surface area contributed by atoms with E-state index in [4.69, 9.17) is 10.8 Å². The number of nitrogens with one attached hydrogen (secondary N) is 5. The Bertz CT molecular complexity index is 971. The zero-order valence-electron chi connectivity index (χ0n) is 18.7. The van der Waals surface area contributed by atoms with Crippen LogP contribution < -0.4 is 21.3 Å². The first-order valence-electron chi connectivity index (χ1n) is 10.6. The minimum absolute atomic E-state index is 0.00254. The quantitative estimate of drug-likeness (QED) is 0.412. The lowest BCUT2D eigenvalue weighted by Crippen LogP contribution is -2.69. The van der Waals surface area contributed by atoms with E-state index in [9.17, 15) is 5.11 Å². The highest BCUT2D eigenvalue weighted by molar-refractivity contribution is 6.14. The van der Waals surface area contributed by atoms with Gasteiger partial charge in [-0.1, -0.05) is 0 Å². The van der Waals surface area contributed by atoms with Crippen molar-refractivity contribution >= 4 is 22.9 Å². The van der Waals surface area contributed by atoms with Gasteiger partial charge in [-0.3, -0.25) is 10.4 Å². The van der Waals surface area contributed by atoms with Gasteiger partial charge in [0.2, 0.25) is 0 Å². The van der Waals surface area contributed by atoms with Crippen LogP contribution in [0.2, 0.25) is 0 Å². The molecule has 2 unspecified atom stereocenters. The molecule has 0 radical (unpaired) electrons. The number of likely N-dealkylation sites (tertiary alicyclic amines) is 1. The zero-order chi connectivity index (χ0) is 22.7. The molecule has 0 saturated carbocycles. The second-order valence-electron chi connectivity index (χ2n) is 9.96. The van der Waals surface area contributed by atoms with E-state index in [0.29, 0.717) is 30.5 Å². The number of fused-ring (bicyclic) bond motifs is 1. The molecule has 2 fully saturated rings. The smallest absolute Gasteiger partial charge is 0.138 e. The first-order chi connectivity index (χ1) is 14.4. The van der Waals surface area contributed by atoms with E-state index in [0.717, 1.165) is 11.4 Å². The fraction of sp³-hybridized carbons (Fsp3) is 0.545. The monoisotopic (exact) mass is 429 g/mol. The van der Waals surface area contributed by atoms with E-state index in [1.165, 1.54) is 0 Å². The maximum Gasteiger partial charge on any atom is 0.138 e. The molecule has 3 heterocycles.